The zero-order valence-electron chi connectivity index (χ0n) is 13.3. The van der Waals surface area contributed by atoms with Crippen LogP contribution in [0, 0.1) is 6.92 Å². The summed E-state index contributed by atoms with van der Waals surface area (Å²) in [4.78, 5) is 4.55. The fraction of sp³-hybridized carbons (Fsp3) is 0.0952. The maximum atomic E-state index is 6.36. The zero-order chi connectivity index (χ0) is 16.9. The summed E-state index contributed by atoms with van der Waals surface area (Å²) < 4.78 is 0. The van der Waals surface area contributed by atoms with Crippen LogP contribution in [0.5, 0.6) is 0 Å². The lowest BCUT2D eigenvalue weighted by molar-refractivity contribution is 1.08. The molecule has 3 aromatic rings. The van der Waals surface area contributed by atoms with Crippen LogP contribution in [-0.2, 0) is 6.54 Å². The molecule has 0 heterocycles. The third kappa shape index (κ3) is 4.05. The maximum Gasteiger partial charge on any atom is 0.131 e. The Morgan fingerprint density at radius 1 is 0.875 bits per heavy atom. The summed E-state index contributed by atoms with van der Waals surface area (Å²) in [5.41, 5.74) is 5.54. The number of rotatable bonds is 4. The van der Waals surface area contributed by atoms with Gasteiger partial charge >= 0.3 is 0 Å². The quantitative estimate of drug-likeness (QED) is 0.474. The molecule has 0 unspecified atom stereocenters. The van der Waals surface area contributed by atoms with Gasteiger partial charge in [-0.1, -0.05) is 89.4 Å². The summed E-state index contributed by atoms with van der Waals surface area (Å²) in [5, 5.41) is 1.26. The molecule has 3 heteroatoms. The Morgan fingerprint density at radius 2 is 1.54 bits per heavy atom. The summed E-state index contributed by atoms with van der Waals surface area (Å²) in [6.07, 6.45) is 0. The molecule has 0 atom stereocenters. The van der Waals surface area contributed by atoms with E-state index in [0.717, 1.165) is 27.3 Å². The fourth-order valence-corrected chi connectivity index (χ4v) is 2.82. The van der Waals surface area contributed by atoms with Crippen LogP contribution in [0.15, 0.2) is 77.8 Å². The number of halogens is 2. The summed E-state index contributed by atoms with van der Waals surface area (Å²) >= 11 is 12.3. The van der Waals surface area contributed by atoms with Gasteiger partial charge in [-0.25, -0.2) is 0 Å². The fourth-order valence-electron chi connectivity index (χ4n) is 2.51. The minimum Gasteiger partial charge on any atom is -0.268 e. The molecular formula is C21H17Cl2N. The van der Waals surface area contributed by atoms with E-state index >= 15 is 0 Å². The molecule has 0 N–H and O–H groups in total. The van der Waals surface area contributed by atoms with Gasteiger partial charge in [0.25, 0.3) is 0 Å². The minimum atomic E-state index is 0.529. The van der Waals surface area contributed by atoms with E-state index in [-0.39, 0.29) is 0 Å². The second-order valence-corrected chi connectivity index (χ2v) is 6.43. The lowest BCUT2D eigenvalue weighted by Crippen LogP contribution is -1.94. The summed E-state index contributed by atoms with van der Waals surface area (Å²) in [6, 6.07) is 24.1. The van der Waals surface area contributed by atoms with Crippen LogP contribution in [0.25, 0.3) is 11.1 Å². The predicted octanol–water partition coefficient (Wildman–Crippen LogP) is 6.50. The third-order valence-electron chi connectivity index (χ3n) is 3.85. The van der Waals surface area contributed by atoms with E-state index in [1.165, 1.54) is 5.56 Å². The number of aliphatic imine (C=N–C) groups is 1. The first kappa shape index (κ1) is 16.8. The molecule has 120 valence electrons. The van der Waals surface area contributed by atoms with Crippen molar-refractivity contribution in [1.29, 1.82) is 0 Å². The van der Waals surface area contributed by atoms with Crippen LogP contribution in [-0.4, -0.2) is 5.17 Å². The van der Waals surface area contributed by atoms with Gasteiger partial charge in [0.15, 0.2) is 0 Å². The lowest BCUT2D eigenvalue weighted by Gasteiger charge is -2.08. The average Bonchev–Trinajstić information content (AvgIpc) is 2.61. The molecular weight excluding hydrogens is 337 g/mol. The molecule has 0 radical (unpaired) electrons. The van der Waals surface area contributed by atoms with Crippen molar-refractivity contribution in [2.75, 3.05) is 0 Å². The van der Waals surface area contributed by atoms with Gasteiger partial charge < -0.3 is 0 Å². The number of benzene rings is 3. The van der Waals surface area contributed by atoms with E-state index in [2.05, 4.69) is 24.0 Å². The van der Waals surface area contributed by atoms with Crippen LogP contribution in [0.1, 0.15) is 16.7 Å². The van der Waals surface area contributed by atoms with Crippen molar-refractivity contribution in [3.05, 3.63) is 94.5 Å². The molecule has 0 amide bonds. The number of hydrogen-bond donors (Lipinski definition) is 0. The normalized spacial score (nSPS) is 11.5. The van der Waals surface area contributed by atoms with Gasteiger partial charge in [-0.15, -0.1) is 0 Å². The summed E-state index contributed by atoms with van der Waals surface area (Å²) in [5.74, 6) is 0. The van der Waals surface area contributed by atoms with E-state index in [4.69, 9.17) is 23.2 Å². The van der Waals surface area contributed by atoms with Crippen LogP contribution < -0.4 is 0 Å². The van der Waals surface area contributed by atoms with Crippen LogP contribution in [0.2, 0.25) is 5.02 Å². The zero-order valence-corrected chi connectivity index (χ0v) is 14.9. The third-order valence-corrected chi connectivity index (χ3v) is 4.44. The highest BCUT2D eigenvalue weighted by molar-refractivity contribution is 6.69. The predicted molar refractivity (Wildman–Crippen MR) is 104 cm³/mol. The van der Waals surface area contributed by atoms with Crippen molar-refractivity contribution < 1.29 is 0 Å². The maximum absolute atomic E-state index is 6.36. The van der Waals surface area contributed by atoms with E-state index < -0.39 is 0 Å². The Hall–Kier alpha value is -2.09. The van der Waals surface area contributed by atoms with Crippen molar-refractivity contribution >= 4 is 28.4 Å². The highest BCUT2D eigenvalue weighted by Gasteiger charge is 2.05. The molecule has 0 aliphatic carbocycles. The Labute approximate surface area is 152 Å². The molecule has 0 aliphatic rings. The average molecular weight is 354 g/mol. The van der Waals surface area contributed by atoms with Crippen molar-refractivity contribution in [3.63, 3.8) is 0 Å². The first-order valence-corrected chi connectivity index (χ1v) is 8.50. The Morgan fingerprint density at radius 3 is 2.25 bits per heavy atom. The molecule has 0 spiro atoms. The monoisotopic (exact) mass is 353 g/mol. The molecule has 0 bridgehead atoms. The van der Waals surface area contributed by atoms with Crippen molar-refractivity contribution in [2.24, 2.45) is 4.99 Å². The molecule has 3 rings (SSSR count). The SMILES string of the molecule is Cc1ccc(C(Cl)=NCc2ccccc2-c2ccc(Cl)cc2)cc1. The molecule has 1 nitrogen and oxygen atoms in total. The smallest absolute Gasteiger partial charge is 0.131 e. The molecule has 0 saturated carbocycles. The van der Waals surface area contributed by atoms with Gasteiger partial charge in [0, 0.05) is 10.6 Å². The molecule has 0 aliphatic heterocycles. The first-order valence-electron chi connectivity index (χ1n) is 7.74. The van der Waals surface area contributed by atoms with Crippen LogP contribution in [0.4, 0.5) is 0 Å². The van der Waals surface area contributed by atoms with Crippen molar-refractivity contribution in [3.8, 4) is 11.1 Å². The molecule has 0 aromatic heterocycles. The largest absolute Gasteiger partial charge is 0.268 e. The van der Waals surface area contributed by atoms with Gasteiger partial charge in [-0.05, 0) is 35.7 Å². The van der Waals surface area contributed by atoms with Crippen LogP contribution in [0.3, 0.4) is 0 Å². The Bertz CT molecular complexity index is 850. The second-order valence-electron chi connectivity index (χ2n) is 5.64. The Kier molecular flexibility index (Phi) is 5.34. The second kappa shape index (κ2) is 7.65. The van der Waals surface area contributed by atoms with Crippen molar-refractivity contribution in [1.82, 2.24) is 0 Å². The highest BCUT2D eigenvalue weighted by Crippen LogP contribution is 2.26. The van der Waals surface area contributed by atoms with E-state index in [0.29, 0.717) is 11.7 Å². The van der Waals surface area contributed by atoms with E-state index in [1.807, 2.05) is 60.7 Å². The molecule has 24 heavy (non-hydrogen) atoms. The standard InChI is InChI=1S/C21H17Cl2N/c1-15-6-8-17(9-7-15)21(23)24-14-18-4-2-3-5-20(18)16-10-12-19(22)13-11-16/h2-13H,14H2,1H3. The van der Waals surface area contributed by atoms with Gasteiger partial charge in [0.2, 0.25) is 0 Å². The Balaban J connectivity index is 1.86. The highest BCUT2D eigenvalue weighted by atomic mass is 35.5. The minimum absolute atomic E-state index is 0.529. The van der Waals surface area contributed by atoms with Gasteiger partial charge in [0.05, 0.1) is 6.54 Å². The number of aryl methyl sites for hydroxylation is 1. The molecule has 0 saturated heterocycles. The number of hydrogen-bond acceptors (Lipinski definition) is 1. The van der Waals surface area contributed by atoms with E-state index in [1.54, 1.807) is 0 Å². The van der Waals surface area contributed by atoms with Crippen molar-refractivity contribution in [2.45, 2.75) is 13.5 Å². The molecule has 0 fully saturated rings. The van der Waals surface area contributed by atoms with Crippen LogP contribution >= 0.6 is 23.2 Å². The number of nitrogens with zero attached hydrogens (tertiary/aromatic N) is 1. The van der Waals surface area contributed by atoms with Gasteiger partial charge in [0.1, 0.15) is 5.17 Å². The topological polar surface area (TPSA) is 12.4 Å². The summed E-state index contributed by atoms with van der Waals surface area (Å²) in [6.45, 7) is 2.59. The molecule has 3 aromatic carbocycles. The lowest BCUT2D eigenvalue weighted by atomic mass is 10.00. The van der Waals surface area contributed by atoms with Gasteiger partial charge in [-0.2, -0.15) is 0 Å². The van der Waals surface area contributed by atoms with E-state index in [9.17, 15) is 0 Å². The summed E-state index contributed by atoms with van der Waals surface area (Å²) in [7, 11) is 0. The first-order chi connectivity index (χ1) is 11.6. The van der Waals surface area contributed by atoms with Gasteiger partial charge in [-0.3, -0.25) is 4.99 Å².